The van der Waals surface area contributed by atoms with Crippen LogP contribution in [0.5, 0.6) is 5.75 Å². The molecule has 120 valence electrons. The zero-order chi connectivity index (χ0) is 15.9. The third kappa shape index (κ3) is 2.32. The van der Waals surface area contributed by atoms with Crippen LogP contribution in [0.3, 0.4) is 0 Å². The van der Waals surface area contributed by atoms with E-state index in [1.165, 1.54) is 36.8 Å². The average molecular weight is 307 g/mol. The molecule has 2 fully saturated rings. The minimum atomic E-state index is 0.168. The van der Waals surface area contributed by atoms with E-state index in [0.717, 1.165) is 23.3 Å². The smallest absolute Gasteiger partial charge is 0.119 e. The third-order valence-corrected chi connectivity index (χ3v) is 5.96. The van der Waals surface area contributed by atoms with E-state index in [9.17, 15) is 0 Å². The Labute approximate surface area is 138 Å². The van der Waals surface area contributed by atoms with Gasteiger partial charge < -0.3 is 10.5 Å². The Bertz CT molecular complexity index is 676. The first-order valence-corrected chi connectivity index (χ1v) is 8.81. The molecule has 2 aromatic carbocycles. The van der Waals surface area contributed by atoms with E-state index < -0.39 is 0 Å². The largest absolute Gasteiger partial charge is 0.494 e. The molecule has 3 atom stereocenters. The minimum absolute atomic E-state index is 0.168. The van der Waals surface area contributed by atoms with Gasteiger partial charge in [-0.25, -0.2) is 0 Å². The van der Waals surface area contributed by atoms with Crippen LogP contribution in [-0.4, -0.2) is 6.61 Å². The van der Waals surface area contributed by atoms with Crippen molar-refractivity contribution in [2.75, 3.05) is 12.3 Å². The highest BCUT2D eigenvalue weighted by Crippen LogP contribution is 2.60. The van der Waals surface area contributed by atoms with Crippen molar-refractivity contribution in [3.63, 3.8) is 0 Å². The fraction of sp³-hybridized carbons (Fsp3) is 0.429. The highest BCUT2D eigenvalue weighted by molar-refractivity contribution is 5.48. The van der Waals surface area contributed by atoms with Crippen molar-refractivity contribution in [2.45, 2.75) is 38.0 Å². The van der Waals surface area contributed by atoms with Crippen LogP contribution < -0.4 is 10.5 Å². The predicted octanol–water partition coefficient (Wildman–Crippen LogP) is 4.77. The van der Waals surface area contributed by atoms with Crippen molar-refractivity contribution >= 4 is 5.69 Å². The molecule has 0 aliphatic heterocycles. The summed E-state index contributed by atoms with van der Waals surface area (Å²) in [4.78, 5) is 0. The van der Waals surface area contributed by atoms with Gasteiger partial charge >= 0.3 is 0 Å². The molecule has 0 radical (unpaired) electrons. The van der Waals surface area contributed by atoms with E-state index in [2.05, 4.69) is 48.5 Å². The third-order valence-electron chi connectivity index (χ3n) is 5.96. The van der Waals surface area contributed by atoms with Crippen LogP contribution in [0.4, 0.5) is 5.69 Å². The normalized spacial score (nSPS) is 28.9. The minimum Gasteiger partial charge on any atom is -0.494 e. The number of fused-ring (bicyclic) bond motifs is 2. The molecule has 2 nitrogen and oxygen atoms in total. The zero-order valence-electron chi connectivity index (χ0n) is 13.8. The maximum atomic E-state index is 5.92. The summed E-state index contributed by atoms with van der Waals surface area (Å²) in [6.07, 6.45) is 5.40. The van der Waals surface area contributed by atoms with E-state index in [0.29, 0.717) is 6.61 Å². The Morgan fingerprint density at radius 1 is 1.00 bits per heavy atom. The van der Waals surface area contributed by atoms with Gasteiger partial charge in [0.05, 0.1) is 6.61 Å². The molecule has 2 aromatic rings. The van der Waals surface area contributed by atoms with Gasteiger partial charge in [-0.2, -0.15) is 0 Å². The predicted molar refractivity (Wildman–Crippen MR) is 94.7 cm³/mol. The fourth-order valence-electron chi connectivity index (χ4n) is 5.00. The summed E-state index contributed by atoms with van der Waals surface area (Å²) >= 11 is 0. The Morgan fingerprint density at radius 3 is 2.17 bits per heavy atom. The van der Waals surface area contributed by atoms with Crippen LogP contribution in [0.1, 0.15) is 43.7 Å². The maximum Gasteiger partial charge on any atom is 0.119 e. The summed E-state index contributed by atoms with van der Waals surface area (Å²) in [6, 6.07) is 17.4. The lowest BCUT2D eigenvalue weighted by Crippen LogP contribution is -2.34. The van der Waals surface area contributed by atoms with Crippen molar-refractivity contribution in [3.05, 3.63) is 59.7 Å². The zero-order valence-corrected chi connectivity index (χ0v) is 13.8. The van der Waals surface area contributed by atoms with Crippen molar-refractivity contribution in [2.24, 2.45) is 11.8 Å². The molecule has 2 aliphatic rings. The molecule has 0 saturated heterocycles. The number of nitrogen functional groups attached to an aromatic ring is 1. The highest BCUT2D eigenvalue weighted by Gasteiger charge is 2.52. The van der Waals surface area contributed by atoms with Crippen molar-refractivity contribution < 1.29 is 4.74 Å². The number of ether oxygens (including phenoxy) is 1. The van der Waals surface area contributed by atoms with E-state index >= 15 is 0 Å². The van der Waals surface area contributed by atoms with Gasteiger partial charge in [-0.15, -0.1) is 0 Å². The van der Waals surface area contributed by atoms with Crippen LogP contribution in [-0.2, 0) is 5.41 Å². The topological polar surface area (TPSA) is 35.2 Å². The molecule has 2 saturated carbocycles. The van der Waals surface area contributed by atoms with Gasteiger partial charge in [-0.1, -0.05) is 30.7 Å². The maximum absolute atomic E-state index is 5.92. The first-order chi connectivity index (χ1) is 11.2. The summed E-state index contributed by atoms with van der Waals surface area (Å²) in [7, 11) is 0. The van der Waals surface area contributed by atoms with E-state index in [4.69, 9.17) is 10.5 Å². The molecule has 0 amide bonds. The van der Waals surface area contributed by atoms with Gasteiger partial charge in [0, 0.05) is 11.1 Å². The van der Waals surface area contributed by atoms with Crippen LogP contribution in [0.25, 0.3) is 0 Å². The molecule has 0 spiro atoms. The quantitative estimate of drug-likeness (QED) is 0.825. The van der Waals surface area contributed by atoms with Gasteiger partial charge in [-0.05, 0) is 73.4 Å². The lowest BCUT2D eigenvalue weighted by atomic mass is 9.64. The molecular formula is C21H25NO. The van der Waals surface area contributed by atoms with Crippen LogP contribution in [0, 0.1) is 11.8 Å². The molecule has 2 N–H and O–H groups in total. The van der Waals surface area contributed by atoms with E-state index in [1.54, 1.807) is 0 Å². The lowest BCUT2D eigenvalue weighted by Gasteiger charge is -2.39. The van der Waals surface area contributed by atoms with Gasteiger partial charge in [-0.3, -0.25) is 0 Å². The highest BCUT2D eigenvalue weighted by atomic mass is 16.5. The Kier molecular flexibility index (Phi) is 3.56. The van der Waals surface area contributed by atoms with E-state index in [-0.39, 0.29) is 5.41 Å². The molecule has 2 bridgehead atoms. The van der Waals surface area contributed by atoms with Crippen LogP contribution in [0.2, 0.25) is 0 Å². The first-order valence-electron chi connectivity index (χ1n) is 8.81. The van der Waals surface area contributed by atoms with Gasteiger partial charge in [0.2, 0.25) is 0 Å². The first kappa shape index (κ1) is 14.6. The Hall–Kier alpha value is -1.96. The van der Waals surface area contributed by atoms with Crippen LogP contribution >= 0.6 is 0 Å². The number of benzene rings is 2. The van der Waals surface area contributed by atoms with Gasteiger partial charge in [0.15, 0.2) is 0 Å². The number of rotatable bonds is 4. The monoisotopic (exact) mass is 307 g/mol. The van der Waals surface area contributed by atoms with Crippen molar-refractivity contribution in [1.82, 2.24) is 0 Å². The molecular weight excluding hydrogens is 282 g/mol. The molecule has 23 heavy (non-hydrogen) atoms. The summed E-state index contributed by atoms with van der Waals surface area (Å²) in [5, 5.41) is 0. The molecule has 4 rings (SSSR count). The Balaban J connectivity index is 1.78. The number of hydrogen-bond donors (Lipinski definition) is 1. The molecule has 0 heterocycles. The van der Waals surface area contributed by atoms with Crippen LogP contribution in [0.15, 0.2) is 48.5 Å². The van der Waals surface area contributed by atoms with Gasteiger partial charge in [0.1, 0.15) is 5.75 Å². The summed E-state index contributed by atoms with van der Waals surface area (Å²) < 4.78 is 5.62. The molecule has 2 aliphatic carbocycles. The average Bonchev–Trinajstić information content (AvgIpc) is 3.18. The standard InChI is InChI=1S/C21H25NO/c1-2-23-20-11-7-17(8-12-20)21(14-15-3-4-18(21)13-15)16-5-9-19(22)10-6-16/h5-12,15,18H,2-4,13-14,22H2,1H3/t15?,18-,21+/m1/s1. The van der Waals surface area contributed by atoms with Crippen molar-refractivity contribution in [1.29, 1.82) is 0 Å². The number of hydrogen-bond acceptors (Lipinski definition) is 2. The fourth-order valence-corrected chi connectivity index (χ4v) is 5.00. The summed E-state index contributed by atoms with van der Waals surface area (Å²) in [5.41, 5.74) is 9.81. The number of anilines is 1. The molecule has 0 aromatic heterocycles. The lowest BCUT2D eigenvalue weighted by molar-refractivity contribution is 0.318. The van der Waals surface area contributed by atoms with E-state index in [1.807, 2.05) is 6.92 Å². The number of nitrogens with two attached hydrogens (primary N) is 1. The Morgan fingerprint density at radius 2 is 1.65 bits per heavy atom. The van der Waals surface area contributed by atoms with Crippen molar-refractivity contribution in [3.8, 4) is 5.75 Å². The second kappa shape index (κ2) is 5.59. The van der Waals surface area contributed by atoms with Gasteiger partial charge in [0.25, 0.3) is 0 Å². The molecule has 2 heteroatoms. The SMILES string of the molecule is CCOc1ccc([C@@]2(c3ccc(N)cc3)CC3CC[C@@H]2C3)cc1. The summed E-state index contributed by atoms with van der Waals surface area (Å²) in [5.74, 6) is 2.60. The summed E-state index contributed by atoms with van der Waals surface area (Å²) in [6.45, 7) is 2.74. The second-order valence-corrected chi connectivity index (χ2v) is 7.13. The molecule has 1 unspecified atom stereocenters. The second-order valence-electron chi connectivity index (χ2n) is 7.13.